The van der Waals surface area contributed by atoms with Gasteiger partial charge in [-0.15, -0.1) is 5.10 Å². The fraction of sp³-hybridized carbons (Fsp3) is 0.190. The van der Waals surface area contributed by atoms with Crippen LogP contribution in [-0.2, 0) is 13.2 Å². The molecule has 0 aliphatic heterocycles. The average Bonchev–Trinajstić information content (AvgIpc) is 3.16. The molecule has 0 saturated carbocycles. The molecule has 0 saturated heterocycles. The van der Waals surface area contributed by atoms with Gasteiger partial charge in [-0.1, -0.05) is 65.8 Å². The summed E-state index contributed by atoms with van der Waals surface area (Å²) in [4.78, 5) is 19.2. The first kappa shape index (κ1) is 19.8. The minimum absolute atomic E-state index is 0.0315. The van der Waals surface area contributed by atoms with Crippen LogP contribution in [0.2, 0.25) is 0 Å². The molecule has 0 amide bonds. The van der Waals surface area contributed by atoms with E-state index in [1.807, 2.05) is 60.7 Å². The number of aryl methyl sites for hydroxylation is 1. The Bertz CT molecular complexity index is 1160. The van der Waals surface area contributed by atoms with E-state index in [0.29, 0.717) is 29.5 Å². The van der Waals surface area contributed by atoms with Gasteiger partial charge in [0, 0.05) is 17.7 Å². The Morgan fingerprint density at radius 2 is 1.60 bits per heavy atom. The predicted octanol–water partition coefficient (Wildman–Crippen LogP) is 2.99. The van der Waals surface area contributed by atoms with Gasteiger partial charge in [-0.3, -0.25) is 4.98 Å². The lowest BCUT2D eigenvalue weighted by atomic mass is 10.0. The van der Waals surface area contributed by atoms with Crippen LogP contribution in [0.1, 0.15) is 12.2 Å². The average molecular weight is 420 g/mol. The molecule has 1 N–H and O–H groups in total. The summed E-state index contributed by atoms with van der Waals surface area (Å²) in [5.74, 6) is 1.08. The fourth-order valence-corrected chi connectivity index (χ4v) is 3.08. The van der Waals surface area contributed by atoms with Crippen molar-refractivity contribution in [3.8, 4) is 28.5 Å². The summed E-state index contributed by atoms with van der Waals surface area (Å²) in [6, 6.07) is 19.6. The number of benzene rings is 2. The second-order valence-electron chi connectivity index (χ2n) is 6.49. The van der Waals surface area contributed by atoms with Gasteiger partial charge in [0.15, 0.2) is 12.4 Å². The molecule has 0 spiro atoms. The number of nitrogens with one attached hydrogen (secondary N) is 1. The molecule has 152 valence electrons. The highest BCUT2D eigenvalue weighted by molar-refractivity contribution is 7.80. The molecule has 2 heterocycles. The molecule has 30 heavy (non-hydrogen) atoms. The largest absolute Gasteiger partial charge is 0.454 e. The zero-order valence-corrected chi connectivity index (χ0v) is 17.0. The van der Waals surface area contributed by atoms with Crippen molar-refractivity contribution in [1.29, 1.82) is 0 Å². The summed E-state index contributed by atoms with van der Waals surface area (Å²) in [5, 5.41) is 12.7. The monoisotopic (exact) mass is 420 g/mol. The van der Waals surface area contributed by atoms with Crippen molar-refractivity contribution in [1.82, 2.24) is 29.9 Å². The zero-order valence-electron chi connectivity index (χ0n) is 16.1. The highest BCUT2D eigenvalue weighted by Crippen LogP contribution is 2.29. The lowest BCUT2D eigenvalue weighted by Gasteiger charge is -2.09. The third-order valence-corrected chi connectivity index (χ3v) is 4.67. The Balaban J connectivity index is 1.60. The maximum Gasteiger partial charge on any atom is 0.343 e. The molecule has 0 radical (unpaired) electrons. The SMILES string of the molecule is O=c1[nH]c(COc2nnc(-c3ccccc3)c(-c3ccccc3)n2)nn1CCCS. The Kier molecular flexibility index (Phi) is 6.19. The Morgan fingerprint density at radius 1 is 0.933 bits per heavy atom. The number of hydrogen-bond donors (Lipinski definition) is 2. The van der Waals surface area contributed by atoms with Crippen LogP contribution < -0.4 is 10.4 Å². The highest BCUT2D eigenvalue weighted by Gasteiger charge is 2.15. The first-order valence-electron chi connectivity index (χ1n) is 9.50. The van der Waals surface area contributed by atoms with Gasteiger partial charge in [0.25, 0.3) is 0 Å². The van der Waals surface area contributed by atoms with Gasteiger partial charge >= 0.3 is 11.7 Å². The van der Waals surface area contributed by atoms with E-state index in [-0.39, 0.29) is 18.3 Å². The molecule has 0 bridgehead atoms. The second-order valence-corrected chi connectivity index (χ2v) is 6.94. The van der Waals surface area contributed by atoms with Crippen molar-refractivity contribution in [2.24, 2.45) is 0 Å². The summed E-state index contributed by atoms with van der Waals surface area (Å²) in [6.45, 7) is 0.532. The van der Waals surface area contributed by atoms with Gasteiger partial charge in [0.05, 0.1) is 0 Å². The minimum Gasteiger partial charge on any atom is -0.454 e. The van der Waals surface area contributed by atoms with Crippen molar-refractivity contribution < 1.29 is 4.74 Å². The van der Waals surface area contributed by atoms with Crippen molar-refractivity contribution >= 4 is 12.6 Å². The van der Waals surface area contributed by atoms with Crippen LogP contribution in [0, 0.1) is 0 Å². The number of rotatable bonds is 8. The third-order valence-electron chi connectivity index (χ3n) is 4.35. The van der Waals surface area contributed by atoms with E-state index in [1.165, 1.54) is 4.68 Å². The molecule has 4 rings (SSSR count). The third kappa shape index (κ3) is 4.57. The molecule has 0 fully saturated rings. The number of aromatic nitrogens is 6. The minimum atomic E-state index is -0.279. The van der Waals surface area contributed by atoms with Gasteiger partial charge in [-0.25, -0.2) is 9.48 Å². The number of hydrogen-bond acceptors (Lipinski definition) is 7. The van der Waals surface area contributed by atoms with Gasteiger partial charge in [0.1, 0.15) is 11.4 Å². The van der Waals surface area contributed by atoms with E-state index in [2.05, 4.69) is 37.9 Å². The van der Waals surface area contributed by atoms with E-state index in [0.717, 1.165) is 17.5 Å². The van der Waals surface area contributed by atoms with E-state index in [9.17, 15) is 4.79 Å². The van der Waals surface area contributed by atoms with E-state index >= 15 is 0 Å². The molecule has 2 aromatic carbocycles. The summed E-state index contributed by atoms with van der Waals surface area (Å²) in [7, 11) is 0. The molecule has 4 aromatic rings. The van der Waals surface area contributed by atoms with Gasteiger partial charge < -0.3 is 4.74 Å². The van der Waals surface area contributed by atoms with Crippen molar-refractivity contribution in [3.05, 3.63) is 77.0 Å². The molecule has 0 aliphatic rings. The van der Waals surface area contributed by atoms with Crippen molar-refractivity contribution in [3.63, 3.8) is 0 Å². The standard InChI is InChI=1S/C21H20N6O2S/c28-21-22-17(26-27(21)12-7-13-30)14-29-20-23-18(15-8-3-1-4-9-15)19(24-25-20)16-10-5-2-6-11-16/h1-6,8-11,30H,7,12-14H2,(H,22,26,28). The molecule has 8 nitrogen and oxygen atoms in total. The smallest absolute Gasteiger partial charge is 0.343 e. The fourth-order valence-electron chi connectivity index (χ4n) is 2.93. The predicted molar refractivity (Wildman–Crippen MR) is 116 cm³/mol. The van der Waals surface area contributed by atoms with Crippen LogP contribution in [0.3, 0.4) is 0 Å². The second kappa shape index (κ2) is 9.36. The molecular weight excluding hydrogens is 400 g/mol. The summed E-state index contributed by atoms with van der Waals surface area (Å²) in [6.07, 6.45) is 0.753. The molecule has 0 aliphatic carbocycles. The molecular formula is C21H20N6O2S. The van der Waals surface area contributed by atoms with E-state index in [1.54, 1.807) is 0 Å². The summed E-state index contributed by atoms with van der Waals surface area (Å²) in [5.41, 5.74) is 2.87. The number of ether oxygens (including phenoxy) is 1. The van der Waals surface area contributed by atoms with Crippen LogP contribution in [0.15, 0.2) is 65.5 Å². The molecule has 0 unspecified atom stereocenters. The first-order valence-corrected chi connectivity index (χ1v) is 10.1. The molecule has 9 heteroatoms. The molecule has 2 aromatic heterocycles. The van der Waals surface area contributed by atoms with Gasteiger partial charge in [0.2, 0.25) is 0 Å². The number of nitrogens with zero attached hydrogens (tertiary/aromatic N) is 5. The van der Waals surface area contributed by atoms with Gasteiger partial charge in [-0.2, -0.15) is 22.7 Å². The van der Waals surface area contributed by atoms with Crippen LogP contribution in [-0.4, -0.2) is 35.7 Å². The summed E-state index contributed by atoms with van der Waals surface area (Å²) >= 11 is 4.15. The summed E-state index contributed by atoms with van der Waals surface area (Å²) < 4.78 is 7.04. The Labute approximate surface area is 178 Å². The number of H-pyrrole nitrogens is 1. The Hall–Kier alpha value is -3.46. The lowest BCUT2D eigenvalue weighted by Crippen LogP contribution is -2.18. The van der Waals surface area contributed by atoms with Crippen LogP contribution >= 0.6 is 12.6 Å². The first-order chi connectivity index (χ1) is 14.7. The normalized spacial score (nSPS) is 10.8. The van der Waals surface area contributed by atoms with Gasteiger partial charge in [-0.05, 0) is 12.2 Å². The maximum absolute atomic E-state index is 11.9. The van der Waals surface area contributed by atoms with Crippen LogP contribution in [0.4, 0.5) is 0 Å². The van der Waals surface area contributed by atoms with Crippen LogP contribution in [0.5, 0.6) is 6.01 Å². The van der Waals surface area contributed by atoms with E-state index < -0.39 is 0 Å². The number of aromatic amines is 1. The van der Waals surface area contributed by atoms with Crippen molar-refractivity contribution in [2.75, 3.05) is 5.75 Å². The van der Waals surface area contributed by atoms with E-state index in [4.69, 9.17) is 4.74 Å². The highest BCUT2D eigenvalue weighted by atomic mass is 32.1. The topological polar surface area (TPSA) is 98.6 Å². The molecule has 0 atom stereocenters. The van der Waals surface area contributed by atoms with Crippen LogP contribution in [0.25, 0.3) is 22.5 Å². The number of thiol groups is 1. The Morgan fingerprint density at radius 3 is 2.27 bits per heavy atom. The lowest BCUT2D eigenvalue weighted by molar-refractivity contribution is 0.267. The maximum atomic E-state index is 11.9. The zero-order chi connectivity index (χ0) is 20.8. The van der Waals surface area contributed by atoms with Crippen molar-refractivity contribution in [2.45, 2.75) is 19.6 Å². The quantitative estimate of drug-likeness (QED) is 0.425.